The molecule has 0 radical (unpaired) electrons. The molecule has 0 spiro atoms. The Morgan fingerprint density at radius 3 is 2.63 bits per heavy atom. The molecule has 0 bridgehead atoms. The van der Waals surface area contributed by atoms with Crippen LogP contribution in [0.1, 0.15) is 38.5 Å². The van der Waals surface area contributed by atoms with E-state index in [1.54, 1.807) is 0 Å². The zero-order valence-electron chi connectivity index (χ0n) is 12.3. The third-order valence-electron chi connectivity index (χ3n) is 5.81. The lowest BCUT2D eigenvalue weighted by atomic mass is 9.80. The number of ether oxygens (including phenoxy) is 1. The number of nitrogens with two attached hydrogens (primary N) is 1. The van der Waals surface area contributed by atoms with Crippen LogP contribution in [0.2, 0.25) is 0 Å². The highest BCUT2D eigenvalue weighted by Gasteiger charge is 2.44. The Hall–Kier alpha value is -0.160. The highest BCUT2D eigenvalue weighted by atomic mass is 16.5. The summed E-state index contributed by atoms with van der Waals surface area (Å²) in [5, 5.41) is 0. The molecule has 0 amide bonds. The van der Waals surface area contributed by atoms with Crippen molar-refractivity contribution < 1.29 is 4.74 Å². The van der Waals surface area contributed by atoms with Crippen molar-refractivity contribution in [2.24, 2.45) is 5.73 Å². The zero-order chi connectivity index (χ0) is 13.3. The molecule has 3 aliphatic heterocycles. The van der Waals surface area contributed by atoms with Gasteiger partial charge in [0.15, 0.2) is 0 Å². The van der Waals surface area contributed by atoms with Gasteiger partial charge in [-0.05, 0) is 45.1 Å². The molecule has 0 aromatic heterocycles. The predicted octanol–water partition coefficient (Wildman–Crippen LogP) is 1.05. The molecule has 4 heteroatoms. The van der Waals surface area contributed by atoms with Gasteiger partial charge >= 0.3 is 0 Å². The van der Waals surface area contributed by atoms with Crippen molar-refractivity contribution in [3.63, 3.8) is 0 Å². The number of likely N-dealkylation sites (tertiary alicyclic amines) is 1. The first-order chi connectivity index (χ1) is 9.27. The van der Waals surface area contributed by atoms with Gasteiger partial charge < -0.3 is 15.4 Å². The predicted molar refractivity (Wildman–Crippen MR) is 77.2 cm³/mol. The zero-order valence-corrected chi connectivity index (χ0v) is 12.3. The van der Waals surface area contributed by atoms with Crippen molar-refractivity contribution in [2.45, 2.75) is 56.2 Å². The summed E-state index contributed by atoms with van der Waals surface area (Å²) in [7, 11) is 1.84. The van der Waals surface area contributed by atoms with E-state index in [1.807, 2.05) is 7.11 Å². The van der Waals surface area contributed by atoms with E-state index in [9.17, 15) is 0 Å². The molecule has 3 heterocycles. The first-order valence-corrected chi connectivity index (χ1v) is 7.99. The Morgan fingerprint density at radius 1 is 1.16 bits per heavy atom. The minimum Gasteiger partial charge on any atom is -0.381 e. The van der Waals surface area contributed by atoms with Gasteiger partial charge in [-0.15, -0.1) is 0 Å². The SMILES string of the molecule is COC1CCN(C2(CN)CCN3CCCC3C2)CC1. The second kappa shape index (κ2) is 5.68. The van der Waals surface area contributed by atoms with Gasteiger partial charge in [0.25, 0.3) is 0 Å². The Bertz CT molecular complexity index is 304. The molecule has 0 saturated carbocycles. The second-order valence-electron chi connectivity index (χ2n) is 6.64. The first-order valence-electron chi connectivity index (χ1n) is 7.99. The average Bonchev–Trinajstić information content (AvgIpc) is 2.94. The number of hydrogen-bond donors (Lipinski definition) is 1. The van der Waals surface area contributed by atoms with E-state index >= 15 is 0 Å². The van der Waals surface area contributed by atoms with Crippen LogP contribution in [0.3, 0.4) is 0 Å². The topological polar surface area (TPSA) is 41.7 Å². The normalized spacial score (nSPS) is 38.5. The van der Waals surface area contributed by atoms with Gasteiger partial charge in [0.05, 0.1) is 6.10 Å². The van der Waals surface area contributed by atoms with Gasteiger partial charge in [-0.25, -0.2) is 0 Å². The van der Waals surface area contributed by atoms with Crippen molar-refractivity contribution in [3.8, 4) is 0 Å². The molecule has 0 aromatic carbocycles. The van der Waals surface area contributed by atoms with Gasteiger partial charge in [0, 0.05) is 44.9 Å². The van der Waals surface area contributed by atoms with Gasteiger partial charge in [-0.2, -0.15) is 0 Å². The summed E-state index contributed by atoms with van der Waals surface area (Å²) in [5.41, 5.74) is 6.51. The van der Waals surface area contributed by atoms with Gasteiger partial charge in [-0.1, -0.05) is 0 Å². The van der Waals surface area contributed by atoms with Crippen LogP contribution in [0.5, 0.6) is 0 Å². The fraction of sp³-hybridized carbons (Fsp3) is 1.00. The van der Waals surface area contributed by atoms with Crippen LogP contribution in [-0.4, -0.2) is 67.3 Å². The maximum atomic E-state index is 6.23. The third-order valence-corrected chi connectivity index (χ3v) is 5.81. The van der Waals surface area contributed by atoms with Crippen LogP contribution in [0.25, 0.3) is 0 Å². The van der Waals surface area contributed by atoms with E-state index < -0.39 is 0 Å². The lowest BCUT2D eigenvalue weighted by Crippen LogP contribution is -2.62. The monoisotopic (exact) mass is 267 g/mol. The summed E-state index contributed by atoms with van der Waals surface area (Å²) in [6.07, 6.45) is 8.14. The van der Waals surface area contributed by atoms with Crippen LogP contribution in [0.15, 0.2) is 0 Å². The second-order valence-corrected chi connectivity index (χ2v) is 6.64. The fourth-order valence-electron chi connectivity index (χ4n) is 4.48. The minimum atomic E-state index is 0.282. The molecule has 110 valence electrons. The molecular formula is C15H29N3O. The fourth-order valence-corrected chi connectivity index (χ4v) is 4.48. The molecule has 3 rings (SSSR count). The molecule has 2 atom stereocenters. The summed E-state index contributed by atoms with van der Waals surface area (Å²) in [6.45, 7) is 5.74. The highest BCUT2D eigenvalue weighted by Crippen LogP contribution is 2.37. The Labute approximate surface area is 117 Å². The maximum Gasteiger partial charge on any atom is 0.0595 e. The third kappa shape index (κ3) is 2.56. The maximum absolute atomic E-state index is 6.23. The number of piperidine rings is 2. The summed E-state index contributed by atoms with van der Waals surface area (Å²) < 4.78 is 5.50. The van der Waals surface area contributed by atoms with Crippen LogP contribution in [0.4, 0.5) is 0 Å². The van der Waals surface area contributed by atoms with Crippen molar-refractivity contribution in [1.29, 1.82) is 0 Å². The van der Waals surface area contributed by atoms with E-state index in [2.05, 4.69) is 9.80 Å². The van der Waals surface area contributed by atoms with Gasteiger partial charge in [0.2, 0.25) is 0 Å². The Kier molecular flexibility index (Phi) is 4.13. The van der Waals surface area contributed by atoms with E-state index in [0.717, 1.165) is 12.6 Å². The average molecular weight is 267 g/mol. The molecule has 3 fully saturated rings. The quantitative estimate of drug-likeness (QED) is 0.830. The molecule has 4 nitrogen and oxygen atoms in total. The highest BCUT2D eigenvalue weighted by molar-refractivity contribution is 5.02. The minimum absolute atomic E-state index is 0.282. The lowest BCUT2D eigenvalue weighted by Gasteiger charge is -2.52. The summed E-state index contributed by atoms with van der Waals surface area (Å²) >= 11 is 0. The smallest absolute Gasteiger partial charge is 0.0595 e. The molecule has 3 saturated heterocycles. The summed E-state index contributed by atoms with van der Waals surface area (Å²) in [5.74, 6) is 0. The first kappa shape index (κ1) is 13.8. The number of methoxy groups -OCH3 is 1. The summed E-state index contributed by atoms with van der Waals surface area (Å²) in [6, 6.07) is 0.803. The molecule has 19 heavy (non-hydrogen) atoms. The van der Waals surface area contributed by atoms with Crippen LogP contribution in [-0.2, 0) is 4.74 Å². The van der Waals surface area contributed by atoms with Crippen molar-refractivity contribution in [1.82, 2.24) is 9.80 Å². The molecule has 3 aliphatic rings. The molecule has 0 aliphatic carbocycles. The molecular weight excluding hydrogens is 238 g/mol. The number of hydrogen-bond acceptors (Lipinski definition) is 4. The standard InChI is InChI=1S/C15H29N3O/c1-19-14-4-8-18(9-5-14)15(12-16)6-10-17-7-2-3-13(17)11-15/h13-14H,2-12,16H2,1H3. The van der Waals surface area contributed by atoms with Crippen LogP contribution < -0.4 is 5.73 Å². The Balaban J connectivity index is 1.66. The van der Waals surface area contributed by atoms with E-state index in [0.29, 0.717) is 6.10 Å². The van der Waals surface area contributed by atoms with Crippen LogP contribution in [0, 0.1) is 0 Å². The largest absolute Gasteiger partial charge is 0.381 e. The van der Waals surface area contributed by atoms with E-state index in [4.69, 9.17) is 10.5 Å². The summed E-state index contributed by atoms with van der Waals surface area (Å²) in [4.78, 5) is 5.38. The van der Waals surface area contributed by atoms with Crippen LogP contribution >= 0.6 is 0 Å². The number of fused-ring (bicyclic) bond motifs is 1. The molecule has 2 unspecified atom stereocenters. The lowest BCUT2D eigenvalue weighted by molar-refractivity contribution is -0.0350. The van der Waals surface area contributed by atoms with Crippen molar-refractivity contribution in [2.75, 3.05) is 39.8 Å². The van der Waals surface area contributed by atoms with Gasteiger partial charge in [-0.3, -0.25) is 4.90 Å². The Morgan fingerprint density at radius 2 is 1.95 bits per heavy atom. The van der Waals surface area contributed by atoms with Crippen molar-refractivity contribution in [3.05, 3.63) is 0 Å². The van der Waals surface area contributed by atoms with Crippen molar-refractivity contribution >= 4 is 0 Å². The molecule has 2 N–H and O–H groups in total. The van der Waals surface area contributed by atoms with E-state index in [-0.39, 0.29) is 5.54 Å². The number of nitrogens with zero attached hydrogens (tertiary/aromatic N) is 2. The number of rotatable bonds is 3. The van der Waals surface area contributed by atoms with Gasteiger partial charge in [0.1, 0.15) is 0 Å². The van der Waals surface area contributed by atoms with E-state index in [1.165, 1.54) is 64.7 Å². The molecule has 0 aromatic rings.